The maximum absolute atomic E-state index is 5.02. The van der Waals surface area contributed by atoms with Gasteiger partial charge in [0.25, 0.3) is 0 Å². The van der Waals surface area contributed by atoms with Gasteiger partial charge in [-0.05, 0) is 18.8 Å². The van der Waals surface area contributed by atoms with Gasteiger partial charge in [0.2, 0.25) is 0 Å². The second-order valence-corrected chi connectivity index (χ2v) is 6.76. The Morgan fingerprint density at radius 3 is 2.95 bits per heavy atom. The van der Waals surface area contributed by atoms with Crippen LogP contribution in [-0.4, -0.2) is 38.8 Å². The fourth-order valence-corrected chi connectivity index (χ4v) is 3.63. The van der Waals surface area contributed by atoms with Crippen molar-refractivity contribution in [3.63, 3.8) is 0 Å². The van der Waals surface area contributed by atoms with E-state index >= 15 is 0 Å². The molecule has 0 aromatic carbocycles. The topological polar surface area (TPSA) is 37.4 Å². The van der Waals surface area contributed by atoms with Crippen LogP contribution in [0.5, 0.6) is 0 Å². The smallest absolute Gasteiger partial charge is 0.185 e. The number of nitrogens with zero attached hydrogens (tertiary/aromatic N) is 2. The zero-order valence-corrected chi connectivity index (χ0v) is 13.5. The minimum Gasteiger partial charge on any atom is -0.383 e. The van der Waals surface area contributed by atoms with E-state index in [0.717, 1.165) is 37.3 Å². The van der Waals surface area contributed by atoms with Gasteiger partial charge in [0.15, 0.2) is 5.13 Å². The predicted octanol–water partition coefficient (Wildman–Crippen LogP) is 2.90. The summed E-state index contributed by atoms with van der Waals surface area (Å²) in [5.74, 6) is 0.862. The van der Waals surface area contributed by atoms with Crippen LogP contribution in [0.25, 0.3) is 0 Å². The van der Waals surface area contributed by atoms with Crippen LogP contribution in [0.3, 0.4) is 0 Å². The highest BCUT2D eigenvalue weighted by Gasteiger charge is 2.17. The van der Waals surface area contributed by atoms with Crippen molar-refractivity contribution in [2.45, 2.75) is 38.6 Å². The van der Waals surface area contributed by atoms with Crippen LogP contribution < -0.4 is 10.2 Å². The van der Waals surface area contributed by atoms with Gasteiger partial charge in [-0.25, -0.2) is 4.98 Å². The molecule has 1 fully saturated rings. The van der Waals surface area contributed by atoms with Crippen molar-refractivity contribution >= 4 is 16.5 Å². The van der Waals surface area contributed by atoms with Crippen molar-refractivity contribution in [1.82, 2.24) is 10.3 Å². The lowest BCUT2D eigenvalue weighted by Gasteiger charge is -2.26. The van der Waals surface area contributed by atoms with Crippen molar-refractivity contribution in [3.8, 4) is 0 Å². The minimum absolute atomic E-state index is 0.757. The van der Waals surface area contributed by atoms with Crippen LogP contribution >= 0.6 is 11.3 Å². The number of anilines is 1. The number of nitrogens with one attached hydrogen (secondary N) is 1. The van der Waals surface area contributed by atoms with E-state index in [-0.39, 0.29) is 0 Å². The third kappa shape index (κ3) is 5.04. The highest BCUT2D eigenvalue weighted by Crippen LogP contribution is 2.27. The molecule has 0 atom stereocenters. The Morgan fingerprint density at radius 1 is 1.40 bits per heavy atom. The van der Waals surface area contributed by atoms with Gasteiger partial charge in [-0.3, -0.25) is 0 Å². The Hall–Kier alpha value is -0.650. The first-order valence-corrected chi connectivity index (χ1v) is 8.46. The SMILES string of the molecule is COCCNCc1cnc(N(C)CC2CCCCC2)s1. The Morgan fingerprint density at radius 2 is 2.20 bits per heavy atom. The Kier molecular flexibility index (Phi) is 6.76. The maximum atomic E-state index is 5.02. The molecule has 0 aliphatic heterocycles. The van der Waals surface area contributed by atoms with E-state index < -0.39 is 0 Å². The zero-order valence-electron chi connectivity index (χ0n) is 12.7. The summed E-state index contributed by atoms with van der Waals surface area (Å²) in [6.07, 6.45) is 9.02. The highest BCUT2D eigenvalue weighted by molar-refractivity contribution is 7.15. The summed E-state index contributed by atoms with van der Waals surface area (Å²) in [6, 6.07) is 0. The van der Waals surface area contributed by atoms with Crippen LogP contribution in [0.2, 0.25) is 0 Å². The number of ether oxygens (including phenoxy) is 1. The molecule has 0 unspecified atom stereocenters. The van der Waals surface area contributed by atoms with E-state index in [0.29, 0.717) is 0 Å². The molecule has 1 aliphatic carbocycles. The second-order valence-electron chi connectivity index (χ2n) is 5.66. The van der Waals surface area contributed by atoms with E-state index in [1.165, 1.54) is 37.0 Å². The number of rotatable bonds is 8. The molecule has 1 saturated carbocycles. The van der Waals surface area contributed by atoms with Gasteiger partial charge >= 0.3 is 0 Å². The summed E-state index contributed by atoms with van der Waals surface area (Å²) in [6.45, 7) is 3.69. The van der Waals surface area contributed by atoms with Crippen molar-refractivity contribution in [3.05, 3.63) is 11.1 Å². The average Bonchev–Trinajstić information content (AvgIpc) is 2.94. The van der Waals surface area contributed by atoms with Crippen LogP contribution in [-0.2, 0) is 11.3 Å². The molecule has 0 spiro atoms. The first kappa shape index (κ1) is 15.7. The van der Waals surface area contributed by atoms with E-state index in [2.05, 4.69) is 22.2 Å². The van der Waals surface area contributed by atoms with Gasteiger partial charge in [-0.1, -0.05) is 19.3 Å². The van der Waals surface area contributed by atoms with E-state index in [1.807, 2.05) is 6.20 Å². The van der Waals surface area contributed by atoms with E-state index in [4.69, 9.17) is 4.74 Å². The molecule has 2 rings (SSSR count). The number of thiazole rings is 1. The van der Waals surface area contributed by atoms with Crippen LogP contribution in [0.1, 0.15) is 37.0 Å². The molecule has 1 aromatic rings. The van der Waals surface area contributed by atoms with E-state index in [1.54, 1.807) is 18.4 Å². The summed E-state index contributed by atoms with van der Waals surface area (Å²) in [4.78, 5) is 8.18. The molecule has 4 nitrogen and oxygen atoms in total. The summed E-state index contributed by atoms with van der Waals surface area (Å²) in [7, 11) is 3.91. The highest BCUT2D eigenvalue weighted by atomic mass is 32.1. The van der Waals surface area contributed by atoms with Gasteiger partial charge in [0.1, 0.15) is 0 Å². The third-order valence-corrected chi connectivity index (χ3v) is 5.02. The summed E-state index contributed by atoms with van der Waals surface area (Å²) in [5.41, 5.74) is 0. The van der Waals surface area contributed by atoms with Crippen molar-refractivity contribution in [2.24, 2.45) is 5.92 Å². The molecule has 1 N–H and O–H groups in total. The third-order valence-electron chi connectivity index (χ3n) is 3.91. The first-order chi connectivity index (χ1) is 9.79. The average molecular weight is 297 g/mol. The Bertz CT molecular complexity index is 377. The molecule has 0 bridgehead atoms. The molecule has 1 aromatic heterocycles. The Labute approximate surface area is 126 Å². The van der Waals surface area contributed by atoms with Crippen molar-refractivity contribution < 1.29 is 4.74 Å². The maximum Gasteiger partial charge on any atom is 0.185 e. The number of methoxy groups -OCH3 is 1. The lowest BCUT2D eigenvalue weighted by atomic mass is 9.89. The summed E-state index contributed by atoms with van der Waals surface area (Å²) >= 11 is 1.80. The van der Waals surface area contributed by atoms with Crippen molar-refractivity contribution in [1.29, 1.82) is 0 Å². The molecule has 1 aliphatic rings. The predicted molar refractivity (Wildman–Crippen MR) is 85.5 cm³/mol. The Balaban J connectivity index is 1.75. The van der Waals surface area contributed by atoms with Crippen molar-refractivity contribution in [2.75, 3.05) is 38.8 Å². The standard InChI is InChI=1S/C15H27N3OS/c1-18(12-13-6-4-3-5-7-13)15-17-11-14(20-15)10-16-8-9-19-2/h11,13,16H,3-10,12H2,1-2H3. The lowest BCUT2D eigenvalue weighted by Crippen LogP contribution is -2.26. The monoisotopic (exact) mass is 297 g/mol. The molecular formula is C15H27N3OS. The molecule has 114 valence electrons. The largest absolute Gasteiger partial charge is 0.383 e. The van der Waals surface area contributed by atoms with E-state index in [9.17, 15) is 0 Å². The zero-order chi connectivity index (χ0) is 14.2. The lowest BCUT2D eigenvalue weighted by molar-refractivity contribution is 0.199. The minimum atomic E-state index is 0.757. The fraction of sp³-hybridized carbons (Fsp3) is 0.800. The summed E-state index contributed by atoms with van der Waals surface area (Å²) < 4.78 is 5.02. The molecule has 20 heavy (non-hydrogen) atoms. The second kappa shape index (κ2) is 8.60. The van der Waals surface area contributed by atoms with Gasteiger partial charge in [-0.15, -0.1) is 11.3 Å². The molecule has 0 saturated heterocycles. The van der Waals surface area contributed by atoms with Crippen LogP contribution in [0.4, 0.5) is 5.13 Å². The molecule has 5 heteroatoms. The van der Waals surface area contributed by atoms with Crippen LogP contribution in [0.15, 0.2) is 6.20 Å². The number of aromatic nitrogens is 1. The van der Waals surface area contributed by atoms with Gasteiger partial charge in [0, 0.05) is 44.9 Å². The number of hydrogen-bond donors (Lipinski definition) is 1. The normalized spacial score (nSPS) is 16.5. The number of hydrogen-bond acceptors (Lipinski definition) is 5. The first-order valence-electron chi connectivity index (χ1n) is 7.65. The molecule has 1 heterocycles. The summed E-state index contributed by atoms with van der Waals surface area (Å²) in [5, 5.41) is 4.52. The quantitative estimate of drug-likeness (QED) is 0.749. The molecule has 0 radical (unpaired) electrons. The van der Waals surface area contributed by atoms with Crippen LogP contribution in [0, 0.1) is 5.92 Å². The molecule has 0 amide bonds. The van der Waals surface area contributed by atoms with Gasteiger partial charge in [0.05, 0.1) is 6.61 Å². The van der Waals surface area contributed by atoms with Gasteiger partial charge < -0.3 is 15.0 Å². The van der Waals surface area contributed by atoms with Gasteiger partial charge in [-0.2, -0.15) is 0 Å². The molecular weight excluding hydrogens is 270 g/mol. The fourth-order valence-electron chi connectivity index (χ4n) is 2.78.